The third-order valence-corrected chi connectivity index (χ3v) is 2.62. The van der Waals surface area contributed by atoms with Crippen LogP contribution in [0.2, 0.25) is 0 Å². The largest absolute Gasteiger partial charge is 0.444 e. The molecule has 0 aromatic carbocycles. The number of hydrogen-bond acceptors (Lipinski definition) is 4. The molecular weight excluding hydrogens is 234 g/mol. The van der Waals surface area contributed by atoms with Crippen LogP contribution in [0.1, 0.15) is 26.5 Å². The second-order valence-electron chi connectivity index (χ2n) is 5.52. The van der Waals surface area contributed by atoms with E-state index in [0.717, 1.165) is 5.69 Å². The van der Waals surface area contributed by atoms with E-state index in [2.05, 4.69) is 5.10 Å². The van der Waals surface area contributed by atoms with Gasteiger partial charge in [0.05, 0.1) is 31.4 Å². The van der Waals surface area contributed by atoms with E-state index in [9.17, 15) is 9.90 Å². The van der Waals surface area contributed by atoms with Crippen LogP contribution >= 0.6 is 0 Å². The first-order chi connectivity index (χ1) is 8.35. The van der Waals surface area contributed by atoms with Gasteiger partial charge in [0.1, 0.15) is 5.60 Å². The SMILES string of the molecule is CC(C)(C)OC(=O)N1Cc2ccnn2CC(O)C1. The van der Waals surface area contributed by atoms with E-state index in [4.69, 9.17) is 4.74 Å². The molecule has 1 aromatic rings. The number of aliphatic hydroxyl groups excluding tert-OH is 1. The van der Waals surface area contributed by atoms with Gasteiger partial charge in [0.2, 0.25) is 0 Å². The molecule has 0 aliphatic carbocycles. The van der Waals surface area contributed by atoms with Crippen molar-refractivity contribution in [2.75, 3.05) is 6.54 Å². The van der Waals surface area contributed by atoms with Crippen molar-refractivity contribution < 1.29 is 14.6 Å². The van der Waals surface area contributed by atoms with Gasteiger partial charge in [-0.3, -0.25) is 9.58 Å². The number of β-amino-alcohol motifs (C(OH)–C–C–N with tert-alkyl or cyclic N) is 1. The standard InChI is InChI=1S/C12H19N3O3/c1-12(2,3)18-11(17)14-6-9-4-5-13-15(9)8-10(16)7-14/h4-5,10,16H,6-8H2,1-3H3. The van der Waals surface area contributed by atoms with Crippen LogP contribution in [0.4, 0.5) is 4.79 Å². The molecule has 1 unspecified atom stereocenters. The third kappa shape index (κ3) is 3.01. The smallest absolute Gasteiger partial charge is 0.410 e. The predicted octanol–water partition coefficient (Wildman–Crippen LogP) is 0.995. The molecular formula is C12H19N3O3. The fourth-order valence-electron chi connectivity index (χ4n) is 1.90. The van der Waals surface area contributed by atoms with Crippen LogP contribution in [0.3, 0.4) is 0 Å². The van der Waals surface area contributed by atoms with Gasteiger partial charge in [-0.1, -0.05) is 0 Å². The molecule has 2 rings (SSSR count). The first-order valence-electron chi connectivity index (χ1n) is 6.02. The molecule has 2 heterocycles. The Labute approximate surface area is 106 Å². The van der Waals surface area contributed by atoms with Gasteiger partial charge >= 0.3 is 6.09 Å². The van der Waals surface area contributed by atoms with E-state index in [1.54, 1.807) is 10.9 Å². The van der Waals surface area contributed by atoms with Crippen LogP contribution in [0.25, 0.3) is 0 Å². The summed E-state index contributed by atoms with van der Waals surface area (Å²) in [5, 5.41) is 14.0. The Kier molecular flexibility index (Phi) is 3.30. The Bertz CT molecular complexity index is 436. The summed E-state index contributed by atoms with van der Waals surface area (Å²) in [6.45, 7) is 6.54. The van der Waals surface area contributed by atoms with Gasteiger partial charge in [-0.25, -0.2) is 4.79 Å². The van der Waals surface area contributed by atoms with Gasteiger partial charge < -0.3 is 9.84 Å². The van der Waals surface area contributed by atoms with Gasteiger partial charge in [0, 0.05) is 6.20 Å². The quantitative estimate of drug-likeness (QED) is 0.749. The zero-order valence-electron chi connectivity index (χ0n) is 11.0. The van der Waals surface area contributed by atoms with Gasteiger partial charge in [-0.05, 0) is 26.8 Å². The second kappa shape index (κ2) is 4.61. The lowest BCUT2D eigenvalue weighted by molar-refractivity contribution is 0.0138. The van der Waals surface area contributed by atoms with Gasteiger partial charge in [0.15, 0.2) is 0 Å². The number of aliphatic hydroxyl groups is 1. The molecule has 0 radical (unpaired) electrons. The summed E-state index contributed by atoms with van der Waals surface area (Å²) in [7, 11) is 0. The van der Waals surface area contributed by atoms with Crippen LogP contribution in [0, 0.1) is 0 Å². The maximum Gasteiger partial charge on any atom is 0.410 e. The average molecular weight is 253 g/mol. The average Bonchev–Trinajstić information content (AvgIpc) is 2.55. The van der Waals surface area contributed by atoms with Crippen molar-refractivity contribution in [3.63, 3.8) is 0 Å². The maximum atomic E-state index is 12.0. The normalized spacial score (nSPS) is 20.2. The summed E-state index contributed by atoms with van der Waals surface area (Å²) in [4.78, 5) is 13.5. The molecule has 6 heteroatoms. The Morgan fingerprint density at radius 1 is 1.50 bits per heavy atom. The van der Waals surface area contributed by atoms with Crippen molar-refractivity contribution in [3.8, 4) is 0 Å². The molecule has 1 atom stereocenters. The summed E-state index contributed by atoms with van der Waals surface area (Å²) in [5.74, 6) is 0. The molecule has 100 valence electrons. The Hall–Kier alpha value is -1.56. The molecule has 6 nitrogen and oxygen atoms in total. The molecule has 1 aliphatic rings. The number of carbonyl (C=O) groups is 1. The molecule has 0 bridgehead atoms. The molecule has 1 aliphatic heterocycles. The van der Waals surface area contributed by atoms with Crippen molar-refractivity contribution in [3.05, 3.63) is 18.0 Å². The molecule has 1 N–H and O–H groups in total. The van der Waals surface area contributed by atoms with Gasteiger partial charge in [-0.2, -0.15) is 5.10 Å². The van der Waals surface area contributed by atoms with Crippen molar-refractivity contribution in [1.82, 2.24) is 14.7 Å². The molecule has 18 heavy (non-hydrogen) atoms. The van der Waals surface area contributed by atoms with Crippen molar-refractivity contribution in [2.24, 2.45) is 0 Å². The molecule has 0 fully saturated rings. The number of fused-ring (bicyclic) bond motifs is 1. The summed E-state index contributed by atoms with van der Waals surface area (Å²) >= 11 is 0. The lowest BCUT2D eigenvalue weighted by atomic mass is 10.2. The lowest BCUT2D eigenvalue weighted by Gasteiger charge is -2.26. The summed E-state index contributed by atoms with van der Waals surface area (Å²) in [6, 6.07) is 1.84. The topological polar surface area (TPSA) is 67.6 Å². The maximum absolute atomic E-state index is 12.0. The Balaban J connectivity index is 2.12. The molecule has 0 saturated heterocycles. The van der Waals surface area contributed by atoms with Crippen molar-refractivity contribution in [2.45, 2.75) is 45.6 Å². The minimum absolute atomic E-state index is 0.262. The first-order valence-corrected chi connectivity index (χ1v) is 6.02. The number of hydrogen-bond donors (Lipinski definition) is 1. The molecule has 0 spiro atoms. The number of amides is 1. The van der Waals surface area contributed by atoms with E-state index in [-0.39, 0.29) is 6.54 Å². The highest BCUT2D eigenvalue weighted by molar-refractivity contribution is 5.68. The minimum Gasteiger partial charge on any atom is -0.444 e. The number of ether oxygens (including phenoxy) is 1. The zero-order valence-corrected chi connectivity index (χ0v) is 11.0. The number of nitrogens with zero attached hydrogens (tertiary/aromatic N) is 3. The third-order valence-electron chi connectivity index (χ3n) is 2.62. The summed E-state index contributed by atoms with van der Waals surface area (Å²) < 4.78 is 7.04. The van der Waals surface area contributed by atoms with Gasteiger partial charge in [0.25, 0.3) is 0 Å². The Morgan fingerprint density at radius 3 is 2.89 bits per heavy atom. The van der Waals surface area contributed by atoms with Crippen LogP contribution in [-0.4, -0.2) is 44.1 Å². The van der Waals surface area contributed by atoms with Crippen LogP contribution in [-0.2, 0) is 17.8 Å². The van der Waals surface area contributed by atoms with Crippen LogP contribution < -0.4 is 0 Å². The summed E-state index contributed by atoms with van der Waals surface area (Å²) in [5.41, 5.74) is 0.367. The van der Waals surface area contributed by atoms with Crippen LogP contribution in [0.15, 0.2) is 12.3 Å². The van der Waals surface area contributed by atoms with Crippen molar-refractivity contribution in [1.29, 1.82) is 0 Å². The lowest BCUT2D eigenvalue weighted by Crippen LogP contribution is -2.39. The predicted molar refractivity (Wildman–Crippen MR) is 64.9 cm³/mol. The van der Waals surface area contributed by atoms with E-state index in [0.29, 0.717) is 13.1 Å². The first kappa shape index (κ1) is 12.9. The van der Waals surface area contributed by atoms with E-state index in [1.165, 1.54) is 4.90 Å². The minimum atomic E-state index is -0.626. The van der Waals surface area contributed by atoms with E-state index < -0.39 is 17.8 Å². The monoisotopic (exact) mass is 253 g/mol. The van der Waals surface area contributed by atoms with E-state index in [1.807, 2.05) is 26.8 Å². The van der Waals surface area contributed by atoms with Gasteiger partial charge in [-0.15, -0.1) is 0 Å². The van der Waals surface area contributed by atoms with Crippen molar-refractivity contribution >= 4 is 6.09 Å². The molecule has 1 amide bonds. The highest BCUT2D eigenvalue weighted by Gasteiger charge is 2.27. The Morgan fingerprint density at radius 2 is 2.22 bits per heavy atom. The fourth-order valence-corrected chi connectivity index (χ4v) is 1.90. The summed E-state index contributed by atoms with van der Waals surface area (Å²) in [6.07, 6.45) is 0.635. The second-order valence-corrected chi connectivity index (χ2v) is 5.52. The van der Waals surface area contributed by atoms with Crippen LogP contribution in [0.5, 0.6) is 0 Å². The number of aromatic nitrogens is 2. The molecule has 0 saturated carbocycles. The zero-order chi connectivity index (χ0) is 13.3. The highest BCUT2D eigenvalue weighted by atomic mass is 16.6. The van der Waals surface area contributed by atoms with E-state index >= 15 is 0 Å². The fraction of sp³-hybridized carbons (Fsp3) is 0.667. The highest BCUT2D eigenvalue weighted by Crippen LogP contribution is 2.16. The number of rotatable bonds is 0. The number of carbonyl (C=O) groups excluding carboxylic acids is 1. The molecule has 1 aromatic heterocycles.